The molecule has 1 aliphatic rings. The van der Waals surface area contributed by atoms with E-state index >= 15 is 0 Å². The second-order valence-electron chi connectivity index (χ2n) is 5.79. The Hall–Kier alpha value is -0.670. The van der Waals surface area contributed by atoms with E-state index in [-0.39, 0.29) is 0 Å². The lowest BCUT2D eigenvalue weighted by Crippen LogP contribution is -2.40. The molecule has 1 heterocycles. The van der Waals surface area contributed by atoms with Crippen LogP contribution in [0.1, 0.15) is 31.2 Å². The van der Waals surface area contributed by atoms with Gasteiger partial charge >= 0.3 is 0 Å². The highest BCUT2D eigenvalue weighted by atomic mass is 32.2. The van der Waals surface area contributed by atoms with Crippen molar-refractivity contribution in [1.29, 1.82) is 0 Å². The summed E-state index contributed by atoms with van der Waals surface area (Å²) < 4.78 is 5.38. The van der Waals surface area contributed by atoms with Crippen LogP contribution < -0.4 is 4.74 Å². The van der Waals surface area contributed by atoms with Crippen LogP contribution in [0.3, 0.4) is 0 Å². The van der Waals surface area contributed by atoms with Crippen molar-refractivity contribution < 1.29 is 4.74 Å². The third-order valence-corrected chi connectivity index (χ3v) is 4.92. The first kappa shape index (κ1) is 15.7. The summed E-state index contributed by atoms with van der Waals surface area (Å²) in [5.41, 5.74) is 1.44. The monoisotopic (exact) mass is 293 g/mol. The molecule has 1 fully saturated rings. The van der Waals surface area contributed by atoms with Crippen molar-refractivity contribution in [2.45, 2.75) is 25.7 Å². The molecule has 112 valence electrons. The number of benzene rings is 1. The lowest BCUT2D eigenvalue weighted by Gasteiger charge is -2.38. The summed E-state index contributed by atoms with van der Waals surface area (Å²) in [6.07, 6.45) is 4.78. The van der Waals surface area contributed by atoms with E-state index in [1.165, 1.54) is 43.8 Å². The number of likely N-dealkylation sites (tertiary alicyclic amines) is 1. The van der Waals surface area contributed by atoms with Crippen LogP contribution in [0.15, 0.2) is 24.3 Å². The third kappa shape index (κ3) is 4.16. The first-order valence-corrected chi connectivity index (χ1v) is 9.01. The van der Waals surface area contributed by atoms with Gasteiger partial charge in [-0.25, -0.2) is 0 Å². The van der Waals surface area contributed by atoms with Crippen LogP contribution in [-0.2, 0) is 0 Å². The van der Waals surface area contributed by atoms with Gasteiger partial charge in [-0.1, -0.05) is 19.1 Å². The maximum atomic E-state index is 5.38. The van der Waals surface area contributed by atoms with E-state index in [9.17, 15) is 0 Å². The van der Waals surface area contributed by atoms with Gasteiger partial charge in [0.05, 0.1) is 7.11 Å². The Kier molecular flexibility index (Phi) is 6.24. The van der Waals surface area contributed by atoms with Crippen LogP contribution >= 0.6 is 11.8 Å². The largest absolute Gasteiger partial charge is 0.497 e. The minimum atomic E-state index is 0.655. The zero-order valence-electron chi connectivity index (χ0n) is 13.0. The number of hydrogen-bond donors (Lipinski definition) is 0. The van der Waals surface area contributed by atoms with E-state index < -0.39 is 0 Å². The average Bonchev–Trinajstić information content (AvgIpc) is 2.48. The summed E-state index contributed by atoms with van der Waals surface area (Å²) in [5, 5.41) is 0. The number of thioether (sulfide) groups is 1. The van der Waals surface area contributed by atoms with Gasteiger partial charge in [0.2, 0.25) is 0 Å². The number of ether oxygens (including phenoxy) is 1. The normalized spacial score (nSPS) is 23.8. The van der Waals surface area contributed by atoms with Gasteiger partial charge in [-0.2, -0.15) is 11.8 Å². The predicted octanol–water partition coefficient (Wildman–Crippen LogP) is 3.87. The lowest BCUT2D eigenvalue weighted by molar-refractivity contribution is 0.166. The molecule has 20 heavy (non-hydrogen) atoms. The topological polar surface area (TPSA) is 12.5 Å². The number of nitrogens with zero attached hydrogens (tertiary/aromatic N) is 1. The number of hydrogen-bond acceptors (Lipinski definition) is 3. The third-order valence-electron chi connectivity index (χ3n) is 4.12. The SMILES string of the molecule is CCCN1C[C@H](CSC)C[C@H](c2cccc(OC)c2)C1. The standard InChI is InChI=1S/C17H27NOS/c1-4-8-18-11-14(13-20-3)9-16(12-18)15-6-5-7-17(10-15)19-2/h5-7,10,14,16H,4,8-9,11-13H2,1-3H3/t14-,16+/m1/s1. The van der Waals surface area contributed by atoms with E-state index in [0.717, 1.165) is 11.7 Å². The molecule has 0 saturated carbocycles. The summed E-state index contributed by atoms with van der Waals surface area (Å²) in [4.78, 5) is 2.65. The molecule has 0 spiro atoms. The average molecular weight is 293 g/mol. The minimum Gasteiger partial charge on any atom is -0.497 e. The van der Waals surface area contributed by atoms with Crippen LogP contribution in [0, 0.1) is 5.92 Å². The quantitative estimate of drug-likeness (QED) is 0.790. The van der Waals surface area contributed by atoms with Gasteiger partial charge in [0.1, 0.15) is 5.75 Å². The summed E-state index contributed by atoms with van der Waals surface area (Å²) >= 11 is 1.98. The highest BCUT2D eigenvalue weighted by Gasteiger charge is 2.27. The Morgan fingerprint density at radius 3 is 2.90 bits per heavy atom. The second kappa shape index (κ2) is 7.94. The van der Waals surface area contributed by atoms with Crippen molar-refractivity contribution in [3.63, 3.8) is 0 Å². The molecule has 2 atom stereocenters. The Labute approximate surface area is 127 Å². The molecule has 1 aliphatic heterocycles. The minimum absolute atomic E-state index is 0.655. The zero-order chi connectivity index (χ0) is 14.4. The summed E-state index contributed by atoms with van der Waals surface area (Å²) in [6.45, 7) is 5.98. The Balaban J connectivity index is 2.11. The van der Waals surface area contributed by atoms with E-state index in [1.54, 1.807) is 7.11 Å². The molecule has 0 radical (unpaired) electrons. The molecule has 0 aromatic heterocycles. The molecule has 2 nitrogen and oxygen atoms in total. The van der Waals surface area contributed by atoms with Gasteiger partial charge < -0.3 is 9.64 Å². The number of rotatable bonds is 6. The fraction of sp³-hybridized carbons (Fsp3) is 0.647. The van der Waals surface area contributed by atoms with Crippen molar-refractivity contribution in [3.8, 4) is 5.75 Å². The highest BCUT2D eigenvalue weighted by molar-refractivity contribution is 7.98. The first-order chi connectivity index (χ1) is 9.76. The smallest absolute Gasteiger partial charge is 0.119 e. The Morgan fingerprint density at radius 1 is 1.35 bits per heavy atom. The highest BCUT2D eigenvalue weighted by Crippen LogP contribution is 2.33. The molecule has 1 aromatic carbocycles. The first-order valence-electron chi connectivity index (χ1n) is 7.62. The molecule has 0 bridgehead atoms. The Bertz CT molecular complexity index is 396. The van der Waals surface area contributed by atoms with Crippen molar-refractivity contribution in [2.75, 3.05) is 38.8 Å². The van der Waals surface area contributed by atoms with Gasteiger partial charge in [0.25, 0.3) is 0 Å². The second-order valence-corrected chi connectivity index (χ2v) is 6.70. The fourth-order valence-corrected chi connectivity index (χ4v) is 4.01. The summed E-state index contributed by atoms with van der Waals surface area (Å²) in [5.74, 6) is 3.74. The number of methoxy groups -OCH3 is 1. The number of piperidine rings is 1. The molecule has 1 aromatic rings. The fourth-order valence-electron chi connectivity index (χ4n) is 3.29. The van der Waals surface area contributed by atoms with Gasteiger partial charge in [0, 0.05) is 13.1 Å². The molecule has 0 unspecified atom stereocenters. The van der Waals surface area contributed by atoms with E-state index in [1.807, 2.05) is 17.8 Å². The molecule has 2 rings (SSSR count). The predicted molar refractivity (Wildman–Crippen MR) is 89.0 cm³/mol. The van der Waals surface area contributed by atoms with Gasteiger partial charge in [0.15, 0.2) is 0 Å². The van der Waals surface area contributed by atoms with Gasteiger partial charge in [-0.15, -0.1) is 0 Å². The van der Waals surface area contributed by atoms with Crippen LogP contribution in [-0.4, -0.2) is 43.7 Å². The summed E-state index contributed by atoms with van der Waals surface area (Å²) in [7, 11) is 1.75. The van der Waals surface area contributed by atoms with Gasteiger partial charge in [-0.05, 0) is 60.9 Å². The van der Waals surface area contributed by atoms with Crippen molar-refractivity contribution in [1.82, 2.24) is 4.90 Å². The molecule has 0 aliphatic carbocycles. The van der Waals surface area contributed by atoms with E-state index in [2.05, 4.69) is 36.3 Å². The Morgan fingerprint density at radius 2 is 2.20 bits per heavy atom. The molecule has 0 N–H and O–H groups in total. The van der Waals surface area contributed by atoms with Crippen LogP contribution in [0.5, 0.6) is 5.75 Å². The molecule has 3 heteroatoms. The van der Waals surface area contributed by atoms with Crippen molar-refractivity contribution in [3.05, 3.63) is 29.8 Å². The zero-order valence-corrected chi connectivity index (χ0v) is 13.8. The van der Waals surface area contributed by atoms with Gasteiger partial charge in [-0.3, -0.25) is 0 Å². The maximum absolute atomic E-state index is 5.38. The molecule has 0 amide bonds. The van der Waals surface area contributed by atoms with Crippen molar-refractivity contribution >= 4 is 11.8 Å². The summed E-state index contributed by atoms with van der Waals surface area (Å²) in [6, 6.07) is 8.64. The van der Waals surface area contributed by atoms with Crippen molar-refractivity contribution in [2.24, 2.45) is 5.92 Å². The van der Waals surface area contributed by atoms with Crippen LogP contribution in [0.4, 0.5) is 0 Å². The molecule has 1 saturated heterocycles. The van der Waals surface area contributed by atoms with E-state index in [0.29, 0.717) is 5.92 Å². The molecular weight excluding hydrogens is 266 g/mol. The van der Waals surface area contributed by atoms with Crippen LogP contribution in [0.2, 0.25) is 0 Å². The van der Waals surface area contributed by atoms with E-state index in [4.69, 9.17) is 4.74 Å². The maximum Gasteiger partial charge on any atom is 0.119 e. The molecular formula is C17H27NOS. The van der Waals surface area contributed by atoms with Crippen LogP contribution in [0.25, 0.3) is 0 Å². The lowest BCUT2D eigenvalue weighted by atomic mass is 9.85.